The van der Waals surface area contributed by atoms with E-state index in [0.29, 0.717) is 30.8 Å². The Balaban J connectivity index is 1.34. The van der Waals surface area contributed by atoms with Crippen LogP contribution < -0.4 is 10.6 Å². The maximum atomic E-state index is 12.8. The van der Waals surface area contributed by atoms with E-state index in [2.05, 4.69) is 10.6 Å². The fraction of sp³-hybridized carbons (Fsp3) is 0.267. The number of rotatable bonds is 12. The number of thiocarbonyl (C=S) groups is 1. The largest absolute Gasteiger partial charge is 0.466 e. The number of carbonyl (C=O) groups excluding carboxylic acids is 3. The van der Waals surface area contributed by atoms with Crippen LogP contribution in [0.3, 0.4) is 0 Å². The molecule has 2 amide bonds. The van der Waals surface area contributed by atoms with Gasteiger partial charge in [0, 0.05) is 37.7 Å². The number of benzene rings is 3. The summed E-state index contributed by atoms with van der Waals surface area (Å²) in [5, 5.41) is 5.68. The highest BCUT2D eigenvalue weighted by molar-refractivity contribution is 7.80. The Morgan fingerprint density at radius 3 is 2.24 bits per heavy atom. The first-order valence-electron chi connectivity index (χ1n) is 12.6. The summed E-state index contributed by atoms with van der Waals surface area (Å²) in [5.41, 5.74) is 3.34. The van der Waals surface area contributed by atoms with Crippen LogP contribution in [-0.4, -0.2) is 41.5 Å². The van der Waals surface area contributed by atoms with Gasteiger partial charge >= 0.3 is 5.97 Å². The van der Waals surface area contributed by atoms with Crippen molar-refractivity contribution >= 4 is 40.8 Å². The number of ether oxygens (including phenoxy) is 1. The molecule has 0 heterocycles. The van der Waals surface area contributed by atoms with E-state index in [1.807, 2.05) is 60.7 Å². The number of amides is 2. The quantitative estimate of drug-likeness (QED) is 0.192. The van der Waals surface area contributed by atoms with E-state index >= 15 is 0 Å². The molecule has 0 unspecified atom stereocenters. The summed E-state index contributed by atoms with van der Waals surface area (Å²) in [7, 11) is 1.75. The zero-order valence-electron chi connectivity index (χ0n) is 21.5. The Morgan fingerprint density at radius 2 is 1.53 bits per heavy atom. The van der Waals surface area contributed by atoms with E-state index in [0.717, 1.165) is 18.4 Å². The maximum Gasteiger partial charge on any atom is 0.305 e. The summed E-state index contributed by atoms with van der Waals surface area (Å²) >= 11 is 5.24. The molecular weight excluding hydrogens is 498 g/mol. The lowest BCUT2D eigenvalue weighted by Gasteiger charge is -2.18. The average molecular weight is 532 g/mol. The summed E-state index contributed by atoms with van der Waals surface area (Å²) < 4.78 is 5.25. The average Bonchev–Trinajstić information content (AvgIpc) is 2.92. The van der Waals surface area contributed by atoms with Crippen LogP contribution in [0.1, 0.15) is 47.2 Å². The van der Waals surface area contributed by atoms with Crippen molar-refractivity contribution in [3.8, 4) is 0 Å². The van der Waals surface area contributed by atoms with Gasteiger partial charge in [0.2, 0.25) is 5.91 Å². The number of carbonyl (C=O) groups is 3. The van der Waals surface area contributed by atoms with Crippen LogP contribution in [0.4, 0.5) is 5.69 Å². The van der Waals surface area contributed by atoms with Crippen molar-refractivity contribution in [2.24, 2.45) is 0 Å². The highest BCUT2D eigenvalue weighted by atomic mass is 32.1. The Hall–Kier alpha value is -4.04. The predicted molar refractivity (Wildman–Crippen MR) is 153 cm³/mol. The Labute approximate surface area is 229 Å². The second-order valence-corrected chi connectivity index (χ2v) is 9.30. The zero-order chi connectivity index (χ0) is 27.2. The monoisotopic (exact) mass is 531 g/mol. The molecule has 0 aromatic heterocycles. The van der Waals surface area contributed by atoms with Crippen LogP contribution in [0, 0.1) is 0 Å². The molecule has 0 aliphatic heterocycles. The van der Waals surface area contributed by atoms with Crippen LogP contribution in [0.15, 0.2) is 84.9 Å². The van der Waals surface area contributed by atoms with Gasteiger partial charge in [-0.25, -0.2) is 0 Å². The number of nitrogens with one attached hydrogen (secondary N) is 2. The van der Waals surface area contributed by atoms with E-state index in [9.17, 15) is 14.4 Å². The molecule has 0 radical (unpaired) electrons. The molecule has 3 aromatic rings. The third-order valence-electron chi connectivity index (χ3n) is 5.73. The molecule has 0 aliphatic carbocycles. The summed E-state index contributed by atoms with van der Waals surface area (Å²) in [5.74, 6) is -0.737. The molecule has 3 rings (SSSR count). The van der Waals surface area contributed by atoms with Crippen LogP contribution in [0.5, 0.6) is 0 Å². The molecule has 8 heteroatoms. The van der Waals surface area contributed by atoms with Gasteiger partial charge in [-0.3, -0.25) is 14.4 Å². The van der Waals surface area contributed by atoms with Crippen LogP contribution >= 0.6 is 12.2 Å². The minimum Gasteiger partial charge on any atom is -0.466 e. The first-order chi connectivity index (χ1) is 18.4. The van der Waals surface area contributed by atoms with E-state index < -0.39 is 0 Å². The number of hydrogen-bond acceptors (Lipinski definition) is 5. The minimum atomic E-state index is -0.315. The molecule has 2 N–H and O–H groups in total. The van der Waals surface area contributed by atoms with Crippen molar-refractivity contribution < 1.29 is 19.1 Å². The van der Waals surface area contributed by atoms with Gasteiger partial charge in [-0.05, 0) is 60.8 Å². The maximum absolute atomic E-state index is 12.8. The molecule has 0 saturated heterocycles. The van der Waals surface area contributed by atoms with Crippen molar-refractivity contribution in [3.05, 3.63) is 102 Å². The second-order valence-electron chi connectivity index (χ2n) is 8.89. The smallest absolute Gasteiger partial charge is 0.305 e. The normalized spacial score (nSPS) is 10.3. The molecule has 7 nitrogen and oxygen atoms in total. The molecule has 38 heavy (non-hydrogen) atoms. The van der Waals surface area contributed by atoms with E-state index in [1.165, 1.54) is 5.56 Å². The lowest BCUT2D eigenvalue weighted by molar-refractivity contribution is -0.143. The predicted octanol–water partition coefficient (Wildman–Crippen LogP) is 5.12. The van der Waals surface area contributed by atoms with Crippen molar-refractivity contribution in [1.82, 2.24) is 10.2 Å². The lowest BCUT2D eigenvalue weighted by Crippen LogP contribution is -2.34. The molecule has 0 aliphatic rings. The van der Waals surface area contributed by atoms with Crippen LogP contribution in [0.2, 0.25) is 0 Å². The van der Waals surface area contributed by atoms with Gasteiger partial charge in [0.1, 0.15) is 0 Å². The van der Waals surface area contributed by atoms with E-state index in [4.69, 9.17) is 17.0 Å². The van der Waals surface area contributed by atoms with Gasteiger partial charge < -0.3 is 20.3 Å². The zero-order valence-corrected chi connectivity index (χ0v) is 22.3. The number of hydrogen-bond donors (Lipinski definition) is 2. The molecule has 198 valence electrons. The van der Waals surface area contributed by atoms with Gasteiger partial charge in [-0.15, -0.1) is 0 Å². The Kier molecular flexibility index (Phi) is 11.5. The van der Waals surface area contributed by atoms with E-state index in [1.54, 1.807) is 36.2 Å². The minimum absolute atomic E-state index is 0.126. The third-order valence-corrected chi connectivity index (χ3v) is 5.93. The fourth-order valence-corrected chi connectivity index (χ4v) is 4.04. The first-order valence-corrected chi connectivity index (χ1v) is 13.0. The standard InChI is InChI=1S/C30H33N3O4S/c1-33(22-24-13-6-3-7-14-24)29(36)25-16-8-17-26(21-25)31-30(38)32-27(34)18-9-19-28(35)37-20-10-15-23-11-4-2-5-12-23/h2-8,11-14,16-17,21H,9-10,15,18-20,22H2,1H3,(H2,31,32,34,38). The topological polar surface area (TPSA) is 87.7 Å². The molecule has 0 fully saturated rings. The fourth-order valence-electron chi connectivity index (χ4n) is 3.80. The molecule has 0 saturated carbocycles. The summed E-state index contributed by atoms with van der Waals surface area (Å²) in [6.07, 6.45) is 2.28. The van der Waals surface area contributed by atoms with Gasteiger partial charge in [0.25, 0.3) is 5.91 Å². The molecule has 3 aromatic carbocycles. The Morgan fingerprint density at radius 1 is 0.842 bits per heavy atom. The summed E-state index contributed by atoms with van der Waals surface area (Å²) in [6.45, 7) is 0.852. The van der Waals surface area contributed by atoms with E-state index in [-0.39, 0.29) is 35.7 Å². The summed E-state index contributed by atoms with van der Waals surface area (Å²) in [4.78, 5) is 38.6. The van der Waals surface area contributed by atoms with Gasteiger partial charge in [0.05, 0.1) is 6.61 Å². The number of esters is 1. The number of nitrogens with zero attached hydrogens (tertiary/aromatic N) is 1. The van der Waals surface area contributed by atoms with Crippen molar-refractivity contribution in [2.45, 2.75) is 38.6 Å². The van der Waals surface area contributed by atoms with Gasteiger partial charge in [-0.2, -0.15) is 0 Å². The summed E-state index contributed by atoms with van der Waals surface area (Å²) in [6, 6.07) is 26.7. The second kappa shape index (κ2) is 15.3. The van der Waals surface area contributed by atoms with Gasteiger partial charge in [0.15, 0.2) is 5.11 Å². The molecule has 0 spiro atoms. The molecule has 0 bridgehead atoms. The number of aryl methyl sites for hydroxylation is 1. The lowest BCUT2D eigenvalue weighted by atomic mass is 10.1. The number of anilines is 1. The molecule has 0 atom stereocenters. The Bertz CT molecular complexity index is 1220. The van der Waals surface area contributed by atoms with Crippen molar-refractivity contribution in [1.29, 1.82) is 0 Å². The SMILES string of the molecule is CN(Cc1ccccc1)C(=O)c1cccc(NC(=S)NC(=O)CCCC(=O)OCCCc2ccccc2)c1. The van der Waals surface area contributed by atoms with Crippen LogP contribution in [0.25, 0.3) is 0 Å². The van der Waals surface area contributed by atoms with Crippen LogP contribution in [-0.2, 0) is 27.3 Å². The first kappa shape index (κ1) is 28.5. The van der Waals surface area contributed by atoms with Gasteiger partial charge in [-0.1, -0.05) is 66.7 Å². The third kappa shape index (κ3) is 10.1. The molecular formula is C30H33N3O4S. The van der Waals surface area contributed by atoms with Crippen molar-refractivity contribution in [3.63, 3.8) is 0 Å². The highest BCUT2D eigenvalue weighted by Crippen LogP contribution is 2.14. The van der Waals surface area contributed by atoms with Crippen molar-refractivity contribution in [2.75, 3.05) is 19.0 Å². The highest BCUT2D eigenvalue weighted by Gasteiger charge is 2.13.